The molecule has 27 heavy (non-hydrogen) atoms. The van der Waals surface area contributed by atoms with Crippen LogP contribution in [0.2, 0.25) is 0 Å². The maximum atomic E-state index is 12.5. The molecule has 10 heteroatoms. The minimum Gasteiger partial charge on any atom is -0.453 e. The van der Waals surface area contributed by atoms with Crippen LogP contribution in [0.4, 0.5) is 10.5 Å². The van der Waals surface area contributed by atoms with Gasteiger partial charge in [-0.05, 0) is 13.0 Å². The predicted octanol–water partition coefficient (Wildman–Crippen LogP) is 1.50. The quantitative estimate of drug-likeness (QED) is 0.443. The van der Waals surface area contributed by atoms with Gasteiger partial charge in [-0.25, -0.2) is 9.59 Å². The molecule has 0 aromatic heterocycles. The number of piperazine rings is 1. The Hall–Kier alpha value is -3.17. The van der Waals surface area contributed by atoms with Crippen LogP contribution >= 0.6 is 0 Å². The van der Waals surface area contributed by atoms with E-state index in [0.717, 1.165) is 0 Å². The van der Waals surface area contributed by atoms with E-state index in [1.807, 2.05) is 0 Å². The molecule has 2 heterocycles. The molecule has 0 radical (unpaired) electrons. The van der Waals surface area contributed by atoms with Crippen molar-refractivity contribution in [2.45, 2.75) is 19.4 Å². The minimum atomic E-state index is -0.760. The summed E-state index contributed by atoms with van der Waals surface area (Å²) in [5, 5.41) is 10.8. The van der Waals surface area contributed by atoms with E-state index < -0.39 is 23.1 Å². The first-order valence-corrected chi connectivity index (χ1v) is 8.59. The Bertz CT molecular complexity index is 787. The number of benzene rings is 1. The van der Waals surface area contributed by atoms with Crippen molar-refractivity contribution in [3.05, 3.63) is 39.4 Å². The van der Waals surface area contributed by atoms with Gasteiger partial charge in [-0.15, -0.1) is 0 Å². The fourth-order valence-corrected chi connectivity index (χ4v) is 3.16. The van der Waals surface area contributed by atoms with Gasteiger partial charge >= 0.3 is 12.1 Å². The number of hydrogen-bond donors (Lipinski definition) is 0. The molecule has 0 N–H and O–H groups in total. The Labute approximate surface area is 154 Å². The van der Waals surface area contributed by atoms with Crippen molar-refractivity contribution in [1.29, 1.82) is 0 Å². The van der Waals surface area contributed by atoms with Crippen LogP contribution in [0, 0.1) is 10.1 Å². The molecule has 1 aromatic rings. The molecule has 0 saturated carbocycles. The number of non-ortho nitro benzene ring substituents is 1. The molecule has 0 bridgehead atoms. The van der Waals surface area contributed by atoms with E-state index in [4.69, 9.17) is 9.47 Å². The fourth-order valence-electron chi connectivity index (χ4n) is 3.16. The monoisotopic (exact) mass is 377 g/mol. The third kappa shape index (κ3) is 3.83. The van der Waals surface area contributed by atoms with E-state index in [9.17, 15) is 24.5 Å². The molecule has 1 saturated heterocycles. The highest BCUT2D eigenvalue weighted by Crippen LogP contribution is 2.35. The van der Waals surface area contributed by atoms with Gasteiger partial charge in [0.05, 0.1) is 23.5 Å². The lowest BCUT2D eigenvalue weighted by Crippen LogP contribution is -2.50. The Morgan fingerprint density at radius 1 is 1.26 bits per heavy atom. The second-order valence-electron chi connectivity index (χ2n) is 6.19. The number of nitro groups is 1. The van der Waals surface area contributed by atoms with Crippen LogP contribution in [0.1, 0.15) is 35.4 Å². The van der Waals surface area contributed by atoms with E-state index in [2.05, 4.69) is 0 Å². The van der Waals surface area contributed by atoms with Crippen LogP contribution < -0.4 is 0 Å². The number of ether oxygens (including phenoxy) is 2. The average molecular weight is 377 g/mol. The standard InChI is InChI=1S/C17H19N3O7/c1-2-26-17(23)19-7-5-18(6-8-19)15(21)10-14-12-4-3-11(20(24)25)9-13(12)16(22)27-14/h3-4,9,14H,2,5-8,10H2,1H3. The van der Waals surface area contributed by atoms with Crippen LogP contribution in [0.3, 0.4) is 0 Å². The molecule has 10 nitrogen and oxygen atoms in total. The first kappa shape index (κ1) is 18.6. The number of hydrogen-bond acceptors (Lipinski definition) is 7. The molecular weight excluding hydrogens is 358 g/mol. The van der Waals surface area contributed by atoms with E-state index in [1.54, 1.807) is 11.8 Å². The number of rotatable bonds is 4. The molecule has 1 aromatic carbocycles. The van der Waals surface area contributed by atoms with Gasteiger partial charge in [0.25, 0.3) is 5.69 Å². The largest absolute Gasteiger partial charge is 0.453 e. The number of fused-ring (bicyclic) bond motifs is 1. The summed E-state index contributed by atoms with van der Waals surface area (Å²) < 4.78 is 10.2. The van der Waals surface area contributed by atoms with Crippen LogP contribution in [0.15, 0.2) is 18.2 Å². The SMILES string of the molecule is CCOC(=O)N1CCN(C(=O)CC2OC(=O)c3cc([N+](=O)[O-])ccc32)CC1. The lowest BCUT2D eigenvalue weighted by Gasteiger charge is -2.34. The summed E-state index contributed by atoms with van der Waals surface area (Å²) in [5.41, 5.74) is 0.394. The minimum absolute atomic E-state index is 0.0457. The summed E-state index contributed by atoms with van der Waals surface area (Å²) in [6, 6.07) is 3.91. The molecule has 3 rings (SSSR count). The lowest BCUT2D eigenvalue weighted by molar-refractivity contribution is -0.384. The Morgan fingerprint density at radius 2 is 1.93 bits per heavy atom. The van der Waals surface area contributed by atoms with Crippen molar-refractivity contribution in [3.63, 3.8) is 0 Å². The highest BCUT2D eigenvalue weighted by Gasteiger charge is 2.35. The van der Waals surface area contributed by atoms with Crippen LogP contribution in [-0.2, 0) is 14.3 Å². The van der Waals surface area contributed by atoms with E-state index in [1.165, 1.54) is 23.1 Å². The first-order valence-electron chi connectivity index (χ1n) is 8.59. The van der Waals surface area contributed by atoms with Gasteiger partial charge in [-0.3, -0.25) is 14.9 Å². The van der Waals surface area contributed by atoms with Gasteiger partial charge in [0, 0.05) is 43.9 Å². The third-order valence-electron chi connectivity index (χ3n) is 4.58. The molecule has 1 unspecified atom stereocenters. The maximum Gasteiger partial charge on any atom is 0.409 e. The number of carbonyl (C=O) groups is 3. The predicted molar refractivity (Wildman–Crippen MR) is 91.0 cm³/mol. The summed E-state index contributed by atoms with van der Waals surface area (Å²) in [4.78, 5) is 49.6. The van der Waals surface area contributed by atoms with Gasteiger partial charge in [0.15, 0.2) is 0 Å². The second kappa shape index (κ2) is 7.60. The zero-order valence-electron chi connectivity index (χ0n) is 14.8. The number of carbonyl (C=O) groups excluding carboxylic acids is 3. The van der Waals surface area contributed by atoms with E-state index in [-0.39, 0.29) is 23.6 Å². The van der Waals surface area contributed by atoms with Crippen molar-refractivity contribution < 1.29 is 28.8 Å². The molecule has 1 fully saturated rings. The molecule has 0 aliphatic carbocycles. The highest BCUT2D eigenvalue weighted by atomic mass is 16.6. The van der Waals surface area contributed by atoms with Gasteiger partial charge in [-0.1, -0.05) is 0 Å². The number of amides is 2. The van der Waals surface area contributed by atoms with Crippen LogP contribution in [-0.4, -0.2) is 65.5 Å². The smallest absolute Gasteiger partial charge is 0.409 e. The average Bonchev–Trinajstić information content (AvgIpc) is 2.97. The second-order valence-corrected chi connectivity index (χ2v) is 6.19. The number of nitro benzene ring substituents is 1. The zero-order chi connectivity index (χ0) is 19.6. The van der Waals surface area contributed by atoms with Gasteiger partial charge < -0.3 is 19.3 Å². The molecule has 2 amide bonds. The molecule has 0 spiro atoms. The molecule has 1 atom stereocenters. The van der Waals surface area contributed by atoms with Crippen molar-refractivity contribution >= 4 is 23.7 Å². The maximum absolute atomic E-state index is 12.5. The Balaban J connectivity index is 1.61. The zero-order valence-corrected chi connectivity index (χ0v) is 14.8. The summed E-state index contributed by atoms with van der Waals surface area (Å²) >= 11 is 0. The van der Waals surface area contributed by atoms with Gasteiger partial charge in [0.1, 0.15) is 6.10 Å². The van der Waals surface area contributed by atoms with Crippen molar-refractivity contribution in [2.24, 2.45) is 0 Å². The molecule has 144 valence electrons. The highest BCUT2D eigenvalue weighted by molar-refractivity contribution is 5.95. The summed E-state index contributed by atoms with van der Waals surface area (Å²) in [6.45, 7) is 3.50. The van der Waals surface area contributed by atoms with Crippen molar-refractivity contribution in [2.75, 3.05) is 32.8 Å². The fraction of sp³-hybridized carbons (Fsp3) is 0.471. The summed E-state index contributed by atoms with van der Waals surface area (Å²) in [7, 11) is 0. The summed E-state index contributed by atoms with van der Waals surface area (Å²) in [6.07, 6.45) is -1.20. The van der Waals surface area contributed by atoms with Crippen LogP contribution in [0.5, 0.6) is 0 Å². The van der Waals surface area contributed by atoms with E-state index in [0.29, 0.717) is 38.3 Å². The molecule has 2 aliphatic heterocycles. The number of esters is 1. The Morgan fingerprint density at radius 3 is 2.56 bits per heavy atom. The van der Waals surface area contributed by atoms with Crippen molar-refractivity contribution in [1.82, 2.24) is 9.80 Å². The first-order chi connectivity index (χ1) is 12.9. The topological polar surface area (TPSA) is 119 Å². The molecular formula is C17H19N3O7. The van der Waals surface area contributed by atoms with Gasteiger partial charge in [-0.2, -0.15) is 0 Å². The van der Waals surface area contributed by atoms with Gasteiger partial charge in [0.2, 0.25) is 5.91 Å². The van der Waals surface area contributed by atoms with Crippen LogP contribution in [0.25, 0.3) is 0 Å². The third-order valence-corrected chi connectivity index (χ3v) is 4.58. The normalized spacial score (nSPS) is 18.7. The Kier molecular flexibility index (Phi) is 5.24. The number of nitrogens with zero attached hydrogens (tertiary/aromatic N) is 3. The van der Waals surface area contributed by atoms with E-state index >= 15 is 0 Å². The summed E-state index contributed by atoms with van der Waals surface area (Å²) in [5.74, 6) is -0.874. The lowest BCUT2D eigenvalue weighted by atomic mass is 10.0. The molecule has 2 aliphatic rings. The number of cyclic esters (lactones) is 1. The van der Waals surface area contributed by atoms with Crippen molar-refractivity contribution in [3.8, 4) is 0 Å².